The number of aryl methyl sites for hydroxylation is 1. The van der Waals surface area contributed by atoms with E-state index in [2.05, 4.69) is 0 Å². The molecule has 0 aromatic heterocycles. The average molecular weight is 217 g/mol. The van der Waals surface area contributed by atoms with E-state index in [1.807, 2.05) is 38.1 Å². The second-order valence-electron chi connectivity index (χ2n) is 5.11. The van der Waals surface area contributed by atoms with Crippen LogP contribution in [0.2, 0.25) is 0 Å². The lowest BCUT2D eigenvalue weighted by Crippen LogP contribution is -2.41. The Morgan fingerprint density at radius 2 is 2.00 bits per heavy atom. The van der Waals surface area contributed by atoms with Gasteiger partial charge < -0.3 is 5.73 Å². The van der Waals surface area contributed by atoms with Crippen LogP contribution in [0, 0.1) is 12.3 Å². The van der Waals surface area contributed by atoms with Gasteiger partial charge in [-0.2, -0.15) is 0 Å². The largest absolute Gasteiger partial charge is 0.327 e. The number of benzene rings is 1. The molecule has 1 aliphatic carbocycles. The lowest BCUT2D eigenvalue weighted by molar-refractivity contribution is 0.0802. The van der Waals surface area contributed by atoms with Crippen LogP contribution in [0.5, 0.6) is 0 Å². The molecule has 2 N–H and O–H groups in total. The van der Waals surface area contributed by atoms with Crippen molar-refractivity contribution in [3.63, 3.8) is 0 Å². The number of nitrogens with two attached hydrogens (primary N) is 1. The smallest absolute Gasteiger partial charge is 0.170 e. The van der Waals surface area contributed by atoms with Gasteiger partial charge in [-0.3, -0.25) is 4.79 Å². The Bertz CT molecular complexity index is 396. The normalized spacial score (nSPS) is 29.3. The number of hydrogen-bond donors (Lipinski definition) is 1. The second kappa shape index (κ2) is 4.02. The summed E-state index contributed by atoms with van der Waals surface area (Å²) in [6, 6.07) is 7.80. The van der Waals surface area contributed by atoms with Crippen molar-refractivity contribution in [2.24, 2.45) is 11.1 Å². The lowest BCUT2D eigenvalue weighted by atomic mass is 9.78. The molecule has 1 fully saturated rings. The number of hydrogen-bond acceptors (Lipinski definition) is 2. The van der Waals surface area contributed by atoms with E-state index >= 15 is 0 Å². The van der Waals surface area contributed by atoms with E-state index in [0.29, 0.717) is 0 Å². The molecule has 1 saturated carbocycles. The van der Waals surface area contributed by atoms with Crippen molar-refractivity contribution in [3.8, 4) is 0 Å². The van der Waals surface area contributed by atoms with E-state index in [4.69, 9.17) is 5.73 Å². The highest BCUT2D eigenvalue weighted by atomic mass is 16.1. The van der Waals surface area contributed by atoms with Crippen LogP contribution in [0.15, 0.2) is 24.3 Å². The third kappa shape index (κ3) is 1.78. The SMILES string of the molecule is Cc1ccc(C(=O)C2(C)CCCC2N)cc1. The first-order valence-electron chi connectivity index (χ1n) is 5.91. The zero-order chi connectivity index (χ0) is 11.8. The molecule has 16 heavy (non-hydrogen) atoms. The highest BCUT2D eigenvalue weighted by Gasteiger charge is 2.42. The molecule has 0 spiro atoms. The summed E-state index contributed by atoms with van der Waals surface area (Å²) >= 11 is 0. The fourth-order valence-electron chi connectivity index (χ4n) is 2.51. The molecular weight excluding hydrogens is 198 g/mol. The Morgan fingerprint density at radius 3 is 2.50 bits per heavy atom. The average Bonchev–Trinajstić information content (AvgIpc) is 2.61. The van der Waals surface area contributed by atoms with Crippen molar-refractivity contribution in [3.05, 3.63) is 35.4 Å². The fourth-order valence-corrected chi connectivity index (χ4v) is 2.51. The van der Waals surface area contributed by atoms with E-state index in [1.165, 1.54) is 5.56 Å². The molecule has 86 valence electrons. The van der Waals surface area contributed by atoms with Gasteiger partial charge in [0, 0.05) is 17.0 Å². The van der Waals surface area contributed by atoms with Crippen molar-refractivity contribution in [1.82, 2.24) is 0 Å². The van der Waals surface area contributed by atoms with Crippen LogP contribution in [-0.2, 0) is 0 Å². The first-order chi connectivity index (χ1) is 7.54. The second-order valence-corrected chi connectivity index (χ2v) is 5.11. The molecule has 0 aliphatic heterocycles. The maximum atomic E-state index is 12.4. The van der Waals surface area contributed by atoms with Gasteiger partial charge >= 0.3 is 0 Å². The van der Waals surface area contributed by atoms with Gasteiger partial charge in [0.25, 0.3) is 0 Å². The number of ketones is 1. The molecule has 2 rings (SSSR count). The van der Waals surface area contributed by atoms with Gasteiger partial charge in [-0.15, -0.1) is 0 Å². The molecule has 0 bridgehead atoms. The minimum absolute atomic E-state index is 0.0151. The predicted octanol–water partition coefficient (Wildman–Crippen LogP) is 2.70. The van der Waals surface area contributed by atoms with E-state index < -0.39 is 0 Å². The fraction of sp³-hybridized carbons (Fsp3) is 0.500. The van der Waals surface area contributed by atoms with Crippen molar-refractivity contribution >= 4 is 5.78 Å². The van der Waals surface area contributed by atoms with E-state index in [0.717, 1.165) is 24.8 Å². The summed E-state index contributed by atoms with van der Waals surface area (Å²) in [6.07, 6.45) is 2.95. The van der Waals surface area contributed by atoms with Gasteiger partial charge in [0.05, 0.1) is 0 Å². The molecule has 0 heterocycles. The Kier molecular flexibility index (Phi) is 2.85. The van der Waals surface area contributed by atoms with E-state index in [-0.39, 0.29) is 17.2 Å². The summed E-state index contributed by atoms with van der Waals surface area (Å²) < 4.78 is 0. The van der Waals surface area contributed by atoms with Crippen LogP contribution < -0.4 is 5.73 Å². The third-order valence-electron chi connectivity index (χ3n) is 3.86. The van der Waals surface area contributed by atoms with Gasteiger partial charge in [0.15, 0.2) is 5.78 Å². The highest BCUT2D eigenvalue weighted by Crippen LogP contribution is 2.39. The number of carbonyl (C=O) groups is 1. The molecule has 2 nitrogen and oxygen atoms in total. The highest BCUT2D eigenvalue weighted by molar-refractivity contribution is 6.01. The molecule has 2 heteroatoms. The zero-order valence-electron chi connectivity index (χ0n) is 9.99. The van der Waals surface area contributed by atoms with Gasteiger partial charge in [-0.25, -0.2) is 0 Å². The van der Waals surface area contributed by atoms with Crippen LogP contribution in [-0.4, -0.2) is 11.8 Å². The molecule has 0 amide bonds. The summed E-state index contributed by atoms with van der Waals surface area (Å²) in [7, 11) is 0. The number of carbonyl (C=O) groups excluding carboxylic acids is 1. The van der Waals surface area contributed by atoms with Crippen molar-refractivity contribution < 1.29 is 4.79 Å². The monoisotopic (exact) mass is 217 g/mol. The molecule has 0 radical (unpaired) electrons. The molecule has 1 aromatic carbocycles. The van der Waals surface area contributed by atoms with Gasteiger partial charge in [-0.1, -0.05) is 43.2 Å². The first-order valence-corrected chi connectivity index (χ1v) is 5.91. The van der Waals surface area contributed by atoms with E-state index in [9.17, 15) is 4.79 Å². The molecule has 1 aromatic rings. The minimum Gasteiger partial charge on any atom is -0.327 e. The molecule has 2 unspecified atom stereocenters. The summed E-state index contributed by atoms with van der Waals surface area (Å²) in [5.74, 6) is 0.206. The van der Waals surface area contributed by atoms with Crippen LogP contribution in [0.4, 0.5) is 0 Å². The van der Waals surface area contributed by atoms with Crippen molar-refractivity contribution in [1.29, 1.82) is 0 Å². The van der Waals surface area contributed by atoms with E-state index in [1.54, 1.807) is 0 Å². The van der Waals surface area contributed by atoms with Crippen LogP contribution in [0.3, 0.4) is 0 Å². The lowest BCUT2D eigenvalue weighted by Gasteiger charge is -2.27. The Labute approximate surface area is 96.8 Å². The maximum absolute atomic E-state index is 12.4. The summed E-state index contributed by atoms with van der Waals surface area (Å²) in [4.78, 5) is 12.4. The van der Waals surface area contributed by atoms with Gasteiger partial charge in [0.2, 0.25) is 0 Å². The zero-order valence-corrected chi connectivity index (χ0v) is 9.99. The number of rotatable bonds is 2. The summed E-state index contributed by atoms with van der Waals surface area (Å²) in [5, 5.41) is 0. The van der Waals surface area contributed by atoms with Crippen LogP contribution >= 0.6 is 0 Å². The van der Waals surface area contributed by atoms with Crippen LogP contribution in [0.1, 0.15) is 42.1 Å². The molecule has 0 saturated heterocycles. The Morgan fingerprint density at radius 1 is 1.38 bits per heavy atom. The van der Waals surface area contributed by atoms with Gasteiger partial charge in [-0.05, 0) is 19.8 Å². The topological polar surface area (TPSA) is 43.1 Å². The van der Waals surface area contributed by atoms with Crippen molar-refractivity contribution in [2.75, 3.05) is 0 Å². The molecular formula is C14H19NO. The molecule has 1 aliphatic rings. The van der Waals surface area contributed by atoms with Crippen molar-refractivity contribution in [2.45, 2.75) is 39.2 Å². The Hall–Kier alpha value is -1.15. The van der Waals surface area contributed by atoms with Gasteiger partial charge in [0.1, 0.15) is 0 Å². The van der Waals surface area contributed by atoms with Crippen LogP contribution in [0.25, 0.3) is 0 Å². The quantitative estimate of drug-likeness (QED) is 0.774. The first kappa shape index (κ1) is 11.3. The minimum atomic E-state index is -0.352. The summed E-state index contributed by atoms with van der Waals surface area (Å²) in [5.41, 5.74) is 7.68. The Balaban J connectivity index is 2.28. The third-order valence-corrected chi connectivity index (χ3v) is 3.86. The maximum Gasteiger partial charge on any atom is 0.170 e. The predicted molar refractivity (Wildman–Crippen MR) is 65.4 cm³/mol. The summed E-state index contributed by atoms with van der Waals surface area (Å²) in [6.45, 7) is 4.03. The molecule has 2 atom stereocenters. The standard InChI is InChI=1S/C14H19NO/c1-10-5-7-11(8-6-10)13(16)14(2)9-3-4-12(14)15/h5-8,12H,3-4,9,15H2,1-2H3. The number of Topliss-reactive ketones (excluding diaryl/α,β-unsaturated/α-hetero) is 1.